The van der Waals surface area contributed by atoms with E-state index in [0.717, 1.165) is 28.7 Å². The third-order valence-corrected chi connectivity index (χ3v) is 8.50. The summed E-state index contributed by atoms with van der Waals surface area (Å²) in [6.45, 7) is 9.58. The van der Waals surface area contributed by atoms with Crippen molar-refractivity contribution in [2.75, 3.05) is 23.9 Å². The van der Waals surface area contributed by atoms with Gasteiger partial charge >= 0.3 is 0 Å². The Kier molecular flexibility index (Phi) is 10.3. The highest BCUT2D eigenvalue weighted by molar-refractivity contribution is 7.92. The topological polar surface area (TPSA) is 86.8 Å². The van der Waals surface area contributed by atoms with E-state index in [9.17, 15) is 18.0 Å². The molecule has 2 amide bonds. The molecule has 1 atom stereocenters. The van der Waals surface area contributed by atoms with Crippen LogP contribution in [0, 0.1) is 20.8 Å². The van der Waals surface area contributed by atoms with Crippen molar-refractivity contribution in [3.63, 3.8) is 0 Å². The molecule has 3 aromatic rings. The van der Waals surface area contributed by atoms with Crippen LogP contribution in [0.3, 0.4) is 0 Å². The van der Waals surface area contributed by atoms with Gasteiger partial charge in [-0.05, 0) is 75.4 Å². The SMILES string of the molecule is CCCNC(=O)[C@H](C)N(CCc1ccccc1)C(=O)CN(c1cc(C)ccc1C)S(=O)(=O)c1ccc(C)cc1. The summed E-state index contributed by atoms with van der Waals surface area (Å²) in [5.41, 5.74) is 4.00. The van der Waals surface area contributed by atoms with Crippen LogP contribution in [0.15, 0.2) is 77.7 Å². The van der Waals surface area contributed by atoms with E-state index < -0.39 is 28.5 Å². The summed E-state index contributed by atoms with van der Waals surface area (Å²) in [5, 5.41) is 2.86. The Balaban J connectivity index is 2.01. The monoisotopic (exact) mass is 549 g/mol. The van der Waals surface area contributed by atoms with Gasteiger partial charge in [-0.3, -0.25) is 13.9 Å². The van der Waals surface area contributed by atoms with E-state index in [1.807, 2.05) is 70.2 Å². The average Bonchev–Trinajstić information content (AvgIpc) is 2.92. The van der Waals surface area contributed by atoms with Crippen LogP contribution in [0.5, 0.6) is 0 Å². The fourth-order valence-corrected chi connectivity index (χ4v) is 5.78. The maximum atomic E-state index is 14.0. The van der Waals surface area contributed by atoms with E-state index in [-0.39, 0.29) is 17.3 Å². The van der Waals surface area contributed by atoms with Crippen LogP contribution in [0.2, 0.25) is 0 Å². The Morgan fingerprint density at radius 3 is 2.18 bits per heavy atom. The smallest absolute Gasteiger partial charge is 0.264 e. The number of nitrogens with one attached hydrogen (secondary N) is 1. The minimum Gasteiger partial charge on any atom is -0.354 e. The molecule has 0 radical (unpaired) electrons. The summed E-state index contributed by atoms with van der Waals surface area (Å²) in [6, 6.07) is 21.1. The number of aryl methyl sites for hydroxylation is 3. The van der Waals surface area contributed by atoms with Crippen molar-refractivity contribution in [3.8, 4) is 0 Å². The molecule has 39 heavy (non-hydrogen) atoms. The molecule has 1 N–H and O–H groups in total. The standard InChI is InChI=1S/C31H39N3O4S/c1-6-19-32-31(36)26(5)33(20-18-27-10-8-7-9-11-27)30(35)22-34(29-21-24(3)12-15-25(29)4)39(37,38)28-16-13-23(2)14-17-28/h7-17,21,26H,6,18-20,22H2,1-5H3,(H,32,36)/t26-/m0/s1. The number of carbonyl (C=O) groups excluding carboxylic acids is 2. The zero-order valence-electron chi connectivity index (χ0n) is 23.5. The van der Waals surface area contributed by atoms with Crippen molar-refractivity contribution in [1.29, 1.82) is 0 Å². The Labute approximate surface area is 232 Å². The van der Waals surface area contributed by atoms with Gasteiger partial charge in [0.1, 0.15) is 12.6 Å². The molecule has 0 heterocycles. The number of hydrogen-bond donors (Lipinski definition) is 1. The van der Waals surface area contributed by atoms with Crippen LogP contribution < -0.4 is 9.62 Å². The van der Waals surface area contributed by atoms with Gasteiger partial charge in [-0.2, -0.15) is 0 Å². The predicted molar refractivity (Wildman–Crippen MR) is 156 cm³/mol. The lowest BCUT2D eigenvalue weighted by molar-refractivity contribution is -0.138. The van der Waals surface area contributed by atoms with Gasteiger partial charge in [0, 0.05) is 13.1 Å². The summed E-state index contributed by atoms with van der Waals surface area (Å²) < 4.78 is 29.1. The average molecular weight is 550 g/mol. The second kappa shape index (κ2) is 13.4. The number of nitrogens with zero attached hydrogens (tertiary/aromatic N) is 2. The lowest BCUT2D eigenvalue weighted by Crippen LogP contribution is -2.52. The number of anilines is 1. The number of sulfonamides is 1. The van der Waals surface area contributed by atoms with Gasteiger partial charge in [0.25, 0.3) is 10.0 Å². The minimum absolute atomic E-state index is 0.103. The number of carbonyl (C=O) groups is 2. The Morgan fingerprint density at radius 2 is 1.54 bits per heavy atom. The normalized spacial score (nSPS) is 12.0. The minimum atomic E-state index is -4.08. The lowest BCUT2D eigenvalue weighted by Gasteiger charge is -2.32. The van der Waals surface area contributed by atoms with Gasteiger partial charge in [-0.1, -0.05) is 67.1 Å². The second-order valence-corrected chi connectivity index (χ2v) is 11.8. The molecule has 208 valence electrons. The molecule has 0 bridgehead atoms. The molecule has 0 fully saturated rings. The first-order chi connectivity index (χ1) is 18.5. The summed E-state index contributed by atoms with van der Waals surface area (Å²) in [6.07, 6.45) is 1.30. The fraction of sp³-hybridized carbons (Fsp3) is 0.355. The molecule has 0 saturated carbocycles. The number of rotatable bonds is 12. The van der Waals surface area contributed by atoms with Gasteiger partial charge in [0.2, 0.25) is 11.8 Å². The first kappa shape index (κ1) is 29.9. The van der Waals surface area contributed by atoms with Crippen LogP contribution in [-0.4, -0.2) is 50.8 Å². The molecule has 0 aliphatic rings. The molecule has 0 aliphatic carbocycles. The van der Waals surface area contributed by atoms with Crippen molar-refractivity contribution < 1.29 is 18.0 Å². The Hall–Kier alpha value is -3.65. The van der Waals surface area contributed by atoms with Gasteiger partial charge in [-0.15, -0.1) is 0 Å². The summed E-state index contributed by atoms with van der Waals surface area (Å²) in [7, 11) is -4.08. The molecular weight excluding hydrogens is 510 g/mol. The summed E-state index contributed by atoms with van der Waals surface area (Å²) >= 11 is 0. The molecule has 0 aromatic heterocycles. The van der Waals surface area contributed by atoms with Gasteiger partial charge in [0.05, 0.1) is 10.6 Å². The third-order valence-electron chi connectivity index (χ3n) is 6.72. The zero-order chi connectivity index (χ0) is 28.6. The van der Waals surface area contributed by atoms with Crippen LogP contribution in [0.25, 0.3) is 0 Å². The molecule has 0 spiro atoms. The van der Waals surface area contributed by atoms with E-state index in [1.54, 1.807) is 37.3 Å². The van der Waals surface area contributed by atoms with E-state index in [0.29, 0.717) is 18.7 Å². The van der Waals surface area contributed by atoms with Crippen LogP contribution >= 0.6 is 0 Å². The van der Waals surface area contributed by atoms with Crippen molar-refractivity contribution in [3.05, 3.63) is 95.1 Å². The molecule has 3 aromatic carbocycles. The molecule has 3 rings (SSSR count). The van der Waals surface area contributed by atoms with Gasteiger partial charge < -0.3 is 10.2 Å². The predicted octanol–water partition coefficient (Wildman–Crippen LogP) is 4.79. The highest BCUT2D eigenvalue weighted by Crippen LogP contribution is 2.28. The third kappa shape index (κ3) is 7.69. The summed E-state index contributed by atoms with van der Waals surface area (Å²) in [4.78, 5) is 28.5. The van der Waals surface area contributed by atoms with Crippen LogP contribution in [0.4, 0.5) is 5.69 Å². The summed E-state index contributed by atoms with van der Waals surface area (Å²) in [5.74, 6) is -0.709. The largest absolute Gasteiger partial charge is 0.354 e. The van der Waals surface area contributed by atoms with E-state index in [2.05, 4.69) is 5.32 Å². The molecule has 0 aliphatic heterocycles. The Morgan fingerprint density at radius 1 is 0.897 bits per heavy atom. The Bertz CT molecular complexity index is 1370. The van der Waals surface area contributed by atoms with Crippen LogP contribution in [0.1, 0.15) is 42.5 Å². The van der Waals surface area contributed by atoms with Crippen molar-refractivity contribution in [2.24, 2.45) is 0 Å². The van der Waals surface area contributed by atoms with E-state index in [1.165, 1.54) is 9.21 Å². The van der Waals surface area contributed by atoms with E-state index >= 15 is 0 Å². The maximum absolute atomic E-state index is 14.0. The lowest BCUT2D eigenvalue weighted by atomic mass is 10.1. The second-order valence-electron chi connectivity index (χ2n) is 9.90. The number of amides is 2. The van der Waals surface area contributed by atoms with Gasteiger partial charge in [-0.25, -0.2) is 8.42 Å². The zero-order valence-corrected chi connectivity index (χ0v) is 24.3. The van der Waals surface area contributed by atoms with E-state index in [4.69, 9.17) is 0 Å². The highest BCUT2D eigenvalue weighted by Gasteiger charge is 2.33. The number of hydrogen-bond acceptors (Lipinski definition) is 4. The molecule has 8 heteroatoms. The molecule has 0 unspecified atom stereocenters. The fourth-order valence-electron chi connectivity index (χ4n) is 4.30. The molecule has 0 saturated heterocycles. The quantitative estimate of drug-likeness (QED) is 0.352. The molecule has 7 nitrogen and oxygen atoms in total. The first-order valence-corrected chi connectivity index (χ1v) is 14.8. The van der Waals surface area contributed by atoms with Crippen molar-refractivity contribution in [2.45, 2.75) is 58.4 Å². The highest BCUT2D eigenvalue weighted by atomic mass is 32.2. The van der Waals surface area contributed by atoms with Crippen molar-refractivity contribution in [1.82, 2.24) is 10.2 Å². The number of benzene rings is 3. The van der Waals surface area contributed by atoms with Crippen LogP contribution in [-0.2, 0) is 26.0 Å². The van der Waals surface area contributed by atoms with Crippen molar-refractivity contribution >= 4 is 27.5 Å². The maximum Gasteiger partial charge on any atom is 0.264 e. The van der Waals surface area contributed by atoms with Gasteiger partial charge in [0.15, 0.2) is 0 Å². The molecular formula is C31H39N3O4S. The first-order valence-electron chi connectivity index (χ1n) is 13.3.